The summed E-state index contributed by atoms with van der Waals surface area (Å²) in [5.41, 5.74) is -0.634. The quantitative estimate of drug-likeness (QED) is 0.556. The SMILES string of the molecule is B[C@]1(N[S+]([O-])C(C)(C)C)CC[C@](C)(O)CC1. The lowest BCUT2D eigenvalue weighted by Gasteiger charge is -2.42. The Balaban J connectivity index is 2.55. The van der Waals surface area contributed by atoms with Gasteiger partial charge in [0.2, 0.25) is 0 Å². The normalized spacial score (nSPS) is 38.4. The van der Waals surface area contributed by atoms with E-state index in [1.54, 1.807) is 0 Å². The van der Waals surface area contributed by atoms with Gasteiger partial charge in [-0.15, -0.1) is 4.72 Å². The lowest BCUT2D eigenvalue weighted by Crippen LogP contribution is -2.57. The van der Waals surface area contributed by atoms with E-state index in [0.717, 1.165) is 25.7 Å². The monoisotopic (exact) mass is 245 g/mol. The first-order valence-electron chi connectivity index (χ1n) is 5.96. The second-order valence-electron chi connectivity index (χ2n) is 6.54. The van der Waals surface area contributed by atoms with Crippen molar-refractivity contribution in [3.8, 4) is 0 Å². The highest BCUT2D eigenvalue weighted by Gasteiger charge is 2.41. The maximum atomic E-state index is 12.0. The van der Waals surface area contributed by atoms with Gasteiger partial charge in [-0.05, 0) is 53.4 Å². The molecule has 0 spiro atoms. The van der Waals surface area contributed by atoms with Crippen LogP contribution in [0.5, 0.6) is 0 Å². The van der Waals surface area contributed by atoms with Crippen LogP contribution in [0.15, 0.2) is 0 Å². The summed E-state index contributed by atoms with van der Waals surface area (Å²) in [6.45, 7) is 7.79. The molecule has 0 saturated heterocycles. The maximum Gasteiger partial charge on any atom is 0.136 e. The smallest absolute Gasteiger partial charge is 0.136 e. The highest BCUT2D eigenvalue weighted by molar-refractivity contribution is 7.90. The molecule has 5 heteroatoms. The summed E-state index contributed by atoms with van der Waals surface area (Å²) in [6, 6.07) is 0. The Hall–Kier alpha value is 0.295. The molecule has 0 aromatic rings. The van der Waals surface area contributed by atoms with Crippen molar-refractivity contribution >= 4 is 19.2 Å². The van der Waals surface area contributed by atoms with Crippen molar-refractivity contribution in [2.24, 2.45) is 0 Å². The van der Waals surface area contributed by atoms with Gasteiger partial charge in [0.1, 0.15) is 12.6 Å². The minimum Gasteiger partial charge on any atom is -0.598 e. The van der Waals surface area contributed by atoms with Gasteiger partial charge in [-0.2, -0.15) is 0 Å². The van der Waals surface area contributed by atoms with E-state index in [2.05, 4.69) is 12.6 Å². The highest BCUT2D eigenvalue weighted by atomic mass is 32.2. The molecule has 0 bridgehead atoms. The van der Waals surface area contributed by atoms with Crippen LogP contribution in [0.25, 0.3) is 0 Å². The maximum absolute atomic E-state index is 12.0. The highest BCUT2D eigenvalue weighted by Crippen LogP contribution is 2.34. The molecule has 2 N–H and O–H groups in total. The van der Waals surface area contributed by atoms with Crippen LogP contribution in [0.4, 0.5) is 0 Å². The average Bonchev–Trinajstić information content (AvgIpc) is 2.10. The van der Waals surface area contributed by atoms with Crippen molar-refractivity contribution < 1.29 is 9.66 Å². The minimum atomic E-state index is -1.03. The van der Waals surface area contributed by atoms with Gasteiger partial charge in [0.05, 0.1) is 5.60 Å². The molecular weight excluding hydrogens is 221 g/mol. The molecule has 0 aliphatic heterocycles. The second-order valence-corrected chi connectivity index (χ2v) is 8.51. The van der Waals surface area contributed by atoms with E-state index in [9.17, 15) is 9.66 Å². The fourth-order valence-electron chi connectivity index (χ4n) is 1.82. The van der Waals surface area contributed by atoms with Gasteiger partial charge in [-0.3, -0.25) is 0 Å². The van der Waals surface area contributed by atoms with Gasteiger partial charge >= 0.3 is 0 Å². The predicted octanol–water partition coefficient (Wildman–Crippen LogP) is 0.693. The molecule has 1 aliphatic rings. The van der Waals surface area contributed by atoms with Gasteiger partial charge in [-0.1, -0.05) is 0 Å². The zero-order chi connectivity index (χ0) is 12.6. The van der Waals surface area contributed by atoms with Gasteiger partial charge in [0.25, 0.3) is 0 Å². The molecule has 1 unspecified atom stereocenters. The Labute approximate surface area is 103 Å². The molecule has 0 heterocycles. The molecule has 1 saturated carbocycles. The Morgan fingerprint density at radius 1 is 1.25 bits per heavy atom. The third-order valence-corrected chi connectivity index (χ3v) is 5.12. The number of aliphatic hydroxyl groups is 1. The van der Waals surface area contributed by atoms with E-state index in [0.29, 0.717) is 0 Å². The molecule has 1 atom stereocenters. The van der Waals surface area contributed by atoms with Crippen LogP contribution < -0.4 is 4.72 Å². The average molecular weight is 245 g/mol. The van der Waals surface area contributed by atoms with Gasteiger partial charge < -0.3 is 9.66 Å². The third-order valence-electron chi connectivity index (χ3n) is 3.33. The molecule has 0 amide bonds. The number of rotatable bonds is 2. The molecular formula is C11H24BNO2S. The first kappa shape index (κ1) is 14.4. The van der Waals surface area contributed by atoms with Crippen LogP contribution in [0.3, 0.4) is 0 Å². The number of nitrogens with one attached hydrogen (secondary N) is 1. The van der Waals surface area contributed by atoms with E-state index in [1.807, 2.05) is 27.7 Å². The molecule has 94 valence electrons. The molecule has 3 nitrogen and oxygen atoms in total. The molecule has 0 aromatic heterocycles. The van der Waals surface area contributed by atoms with Crippen LogP contribution in [-0.2, 0) is 11.4 Å². The summed E-state index contributed by atoms with van der Waals surface area (Å²) >= 11 is -1.03. The molecule has 16 heavy (non-hydrogen) atoms. The van der Waals surface area contributed by atoms with Crippen LogP contribution >= 0.6 is 0 Å². The third kappa shape index (κ3) is 3.95. The van der Waals surface area contributed by atoms with Crippen molar-refractivity contribution in [2.75, 3.05) is 0 Å². The van der Waals surface area contributed by atoms with E-state index < -0.39 is 17.0 Å². The zero-order valence-corrected chi connectivity index (χ0v) is 11.9. The van der Waals surface area contributed by atoms with Crippen LogP contribution in [-0.4, -0.2) is 33.3 Å². The van der Waals surface area contributed by atoms with Crippen molar-refractivity contribution in [3.05, 3.63) is 0 Å². The topological polar surface area (TPSA) is 55.3 Å². The van der Waals surface area contributed by atoms with Crippen LogP contribution in [0.1, 0.15) is 53.4 Å². The summed E-state index contributed by atoms with van der Waals surface area (Å²) in [5, 5.41) is 9.90. The van der Waals surface area contributed by atoms with Gasteiger partial charge in [0.15, 0.2) is 0 Å². The Kier molecular flexibility index (Phi) is 4.06. The molecule has 0 aromatic carbocycles. The fraction of sp³-hybridized carbons (Fsp3) is 1.00. The Morgan fingerprint density at radius 3 is 2.06 bits per heavy atom. The molecule has 1 aliphatic carbocycles. The predicted molar refractivity (Wildman–Crippen MR) is 71.4 cm³/mol. The number of hydrogen-bond acceptors (Lipinski definition) is 3. The standard InChI is InChI=1S/C11H24BNO2S/c1-9(2,3)16(15)13-11(12)7-5-10(4,14)6-8-11/h13-14H,5-8,12H2,1-4H3/t10-,11-,16?. The van der Waals surface area contributed by atoms with E-state index >= 15 is 0 Å². The zero-order valence-electron chi connectivity index (χ0n) is 11.1. The van der Waals surface area contributed by atoms with E-state index in [4.69, 9.17) is 0 Å². The van der Waals surface area contributed by atoms with Gasteiger partial charge in [0, 0.05) is 16.8 Å². The Bertz CT molecular complexity index is 243. The first-order valence-corrected chi connectivity index (χ1v) is 7.11. The van der Waals surface area contributed by atoms with Crippen molar-refractivity contribution in [1.29, 1.82) is 0 Å². The summed E-state index contributed by atoms with van der Waals surface area (Å²) in [6.07, 6.45) is 3.30. The molecule has 0 radical (unpaired) electrons. The van der Waals surface area contributed by atoms with Gasteiger partial charge in [-0.25, -0.2) is 0 Å². The number of hydrogen-bond donors (Lipinski definition) is 2. The van der Waals surface area contributed by atoms with Crippen molar-refractivity contribution in [3.63, 3.8) is 0 Å². The largest absolute Gasteiger partial charge is 0.598 e. The van der Waals surface area contributed by atoms with E-state index in [-0.39, 0.29) is 10.2 Å². The lowest BCUT2D eigenvalue weighted by atomic mass is 9.65. The summed E-state index contributed by atoms with van der Waals surface area (Å²) in [5.74, 6) is 0. The molecule has 1 rings (SSSR count). The molecule has 1 fully saturated rings. The lowest BCUT2D eigenvalue weighted by molar-refractivity contribution is 0.0111. The minimum absolute atomic E-state index is 0.0968. The second kappa shape index (κ2) is 4.52. The van der Waals surface area contributed by atoms with Crippen LogP contribution in [0.2, 0.25) is 0 Å². The Morgan fingerprint density at radius 2 is 1.69 bits per heavy atom. The summed E-state index contributed by atoms with van der Waals surface area (Å²) < 4.78 is 15.0. The summed E-state index contributed by atoms with van der Waals surface area (Å²) in [4.78, 5) is 0. The van der Waals surface area contributed by atoms with Crippen molar-refractivity contribution in [1.82, 2.24) is 4.72 Å². The first-order chi connectivity index (χ1) is 7.04. The summed E-state index contributed by atoms with van der Waals surface area (Å²) in [7, 11) is 2.10. The van der Waals surface area contributed by atoms with E-state index in [1.165, 1.54) is 0 Å². The van der Waals surface area contributed by atoms with Crippen LogP contribution in [0, 0.1) is 0 Å². The van der Waals surface area contributed by atoms with Crippen molar-refractivity contribution in [2.45, 2.75) is 69.2 Å². The fourth-order valence-corrected chi connectivity index (χ4v) is 2.78.